The third kappa shape index (κ3) is 1.86. The second-order valence-electron chi connectivity index (χ2n) is 4.88. The van der Waals surface area contributed by atoms with Gasteiger partial charge in [0.25, 0.3) is 5.91 Å². The van der Waals surface area contributed by atoms with Crippen molar-refractivity contribution in [3.63, 3.8) is 0 Å². The standard InChI is InChI=1S/C16H14N2O2/c1-10(19)11-4-2-6-13(8-11)18-9-12-5-3-7-14(17)15(12)16(18)20/h2-8H,9,17H2,1H3. The highest BCUT2D eigenvalue weighted by Gasteiger charge is 2.30. The van der Waals surface area contributed by atoms with Gasteiger partial charge in [0.05, 0.1) is 12.1 Å². The van der Waals surface area contributed by atoms with E-state index in [9.17, 15) is 9.59 Å². The Bertz CT molecular complexity index is 722. The summed E-state index contributed by atoms with van der Waals surface area (Å²) < 4.78 is 0. The molecule has 0 fully saturated rings. The molecule has 2 N–H and O–H groups in total. The second-order valence-corrected chi connectivity index (χ2v) is 4.88. The van der Waals surface area contributed by atoms with E-state index < -0.39 is 0 Å². The van der Waals surface area contributed by atoms with Crippen LogP contribution < -0.4 is 10.6 Å². The van der Waals surface area contributed by atoms with Crippen LogP contribution in [0.1, 0.15) is 33.2 Å². The Morgan fingerprint density at radius 2 is 1.95 bits per heavy atom. The molecule has 0 saturated heterocycles. The van der Waals surface area contributed by atoms with Crippen molar-refractivity contribution in [2.45, 2.75) is 13.5 Å². The first-order valence-electron chi connectivity index (χ1n) is 6.38. The number of benzene rings is 2. The topological polar surface area (TPSA) is 63.4 Å². The number of ketones is 1. The molecule has 100 valence electrons. The minimum atomic E-state index is -0.112. The number of rotatable bonds is 2. The van der Waals surface area contributed by atoms with Crippen LogP contribution in [0.25, 0.3) is 0 Å². The third-order valence-corrected chi connectivity index (χ3v) is 3.53. The van der Waals surface area contributed by atoms with Crippen molar-refractivity contribution in [2.75, 3.05) is 10.6 Å². The first kappa shape index (κ1) is 12.4. The molecule has 1 amide bonds. The Labute approximate surface area is 116 Å². The van der Waals surface area contributed by atoms with Crippen molar-refractivity contribution < 1.29 is 9.59 Å². The number of amides is 1. The maximum absolute atomic E-state index is 12.5. The molecule has 0 radical (unpaired) electrons. The molecule has 0 aromatic heterocycles. The zero-order valence-electron chi connectivity index (χ0n) is 11.1. The molecule has 0 atom stereocenters. The summed E-state index contributed by atoms with van der Waals surface area (Å²) in [5.41, 5.74) is 9.18. The van der Waals surface area contributed by atoms with Gasteiger partial charge in [0.1, 0.15) is 0 Å². The van der Waals surface area contributed by atoms with Crippen LogP contribution in [0.3, 0.4) is 0 Å². The number of hydrogen-bond donors (Lipinski definition) is 1. The van der Waals surface area contributed by atoms with Crippen molar-refractivity contribution >= 4 is 23.1 Å². The van der Waals surface area contributed by atoms with Crippen LogP contribution in [0.15, 0.2) is 42.5 Å². The number of nitrogens with two attached hydrogens (primary N) is 1. The summed E-state index contributed by atoms with van der Waals surface area (Å²) in [5.74, 6) is -0.130. The molecular weight excluding hydrogens is 252 g/mol. The number of nitrogen functional groups attached to an aromatic ring is 1. The van der Waals surface area contributed by atoms with E-state index in [0.29, 0.717) is 23.4 Å². The van der Waals surface area contributed by atoms with Gasteiger partial charge in [-0.05, 0) is 30.7 Å². The Morgan fingerprint density at radius 1 is 1.20 bits per heavy atom. The van der Waals surface area contributed by atoms with Gasteiger partial charge < -0.3 is 10.6 Å². The first-order valence-corrected chi connectivity index (χ1v) is 6.38. The van der Waals surface area contributed by atoms with E-state index in [2.05, 4.69) is 0 Å². The number of fused-ring (bicyclic) bond motifs is 1. The van der Waals surface area contributed by atoms with E-state index in [1.807, 2.05) is 18.2 Å². The van der Waals surface area contributed by atoms with Crippen molar-refractivity contribution in [3.05, 3.63) is 59.2 Å². The molecule has 2 aromatic rings. The number of carbonyl (C=O) groups is 2. The summed E-state index contributed by atoms with van der Waals surface area (Å²) in [4.78, 5) is 25.5. The van der Waals surface area contributed by atoms with Gasteiger partial charge in [0.2, 0.25) is 0 Å². The quantitative estimate of drug-likeness (QED) is 0.671. The van der Waals surface area contributed by atoms with Crippen LogP contribution in [0, 0.1) is 0 Å². The van der Waals surface area contributed by atoms with E-state index in [4.69, 9.17) is 5.73 Å². The normalized spacial score (nSPS) is 13.4. The smallest absolute Gasteiger partial charge is 0.261 e. The van der Waals surface area contributed by atoms with E-state index in [0.717, 1.165) is 11.3 Å². The molecule has 1 aliphatic rings. The van der Waals surface area contributed by atoms with Gasteiger partial charge >= 0.3 is 0 Å². The lowest BCUT2D eigenvalue weighted by atomic mass is 10.1. The predicted molar refractivity (Wildman–Crippen MR) is 77.8 cm³/mol. The predicted octanol–water partition coefficient (Wildman–Crippen LogP) is 2.63. The van der Waals surface area contributed by atoms with E-state index in [1.165, 1.54) is 6.92 Å². The highest BCUT2D eigenvalue weighted by atomic mass is 16.2. The Kier molecular flexibility index (Phi) is 2.79. The third-order valence-electron chi connectivity index (χ3n) is 3.53. The molecule has 3 rings (SSSR count). The van der Waals surface area contributed by atoms with Gasteiger partial charge in [0.15, 0.2) is 5.78 Å². The fourth-order valence-electron chi connectivity index (χ4n) is 2.49. The average molecular weight is 266 g/mol. The Hall–Kier alpha value is -2.62. The van der Waals surface area contributed by atoms with E-state index >= 15 is 0 Å². The largest absolute Gasteiger partial charge is 0.398 e. The number of hydrogen-bond acceptors (Lipinski definition) is 3. The maximum atomic E-state index is 12.5. The molecule has 0 saturated carbocycles. The fourth-order valence-corrected chi connectivity index (χ4v) is 2.49. The number of Topliss-reactive ketones (excluding diaryl/α,β-unsaturated/α-hetero) is 1. The Morgan fingerprint density at radius 3 is 2.65 bits per heavy atom. The Balaban J connectivity index is 2.02. The molecule has 4 heteroatoms. The van der Waals surface area contributed by atoms with Gasteiger partial charge in [-0.25, -0.2) is 0 Å². The highest BCUT2D eigenvalue weighted by molar-refractivity contribution is 6.13. The summed E-state index contributed by atoms with van der Waals surface area (Å²) in [7, 11) is 0. The molecule has 1 aliphatic heterocycles. The average Bonchev–Trinajstić information content (AvgIpc) is 2.77. The van der Waals surface area contributed by atoms with E-state index in [1.54, 1.807) is 29.2 Å². The number of carbonyl (C=O) groups excluding carboxylic acids is 2. The maximum Gasteiger partial charge on any atom is 0.261 e. The number of anilines is 2. The van der Waals surface area contributed by atoms with Crippen LogP contribution in [0.4, 0.5) is 11.4 Å². The first-order chi connectivity index (χ1) is 9.58. The SMILES string of the molecule is CC(=O)c1cccc(N2Cc3cccc(N)c3C2=O)c1. The highest BCUT2D eigenvalue weighted by Crippen LogP contribution is 2.31. The molecule has 0 spiro atoms. The zero-order valence-corrected chi connectivity index (χ0v) is 11.1. The van der Waals surface area contributed by atoms with Gasteiger partial charge in [0, 0.05) is 16.9 Å². The van der Waals surface area contributed by atoms with Crippen LogP contribution in [0.2, 0.25) is 0 Å². The van der Waals surface area contributed by atoms with E-state index in [-0.39, 0.29) is 11.7 Å². The molecule has 4 nitrogen and oxygen atoms in total. The summed E-state index contributed by atoms with van der Waals surface area (Å²) in [6.45, 7) is 2.00. The van der Waals surface area contributed by atoms with Crippen LogP contribution in [-0.4, -0.2) is 11.7 Å². The lowest BCUT2D eigenvalue weighted by Crippen LogP contribution is -2.23. The molecule has 1 heterocycles. The molecule has 0 bridgehead atoms. The fraction of sp³-hybridized carbons (Fsp3) is 0.125. The summed E-state index contributed by atoms with van der Waals surface area (Å²) in [6, 6.07) is 12.6. The minimum Gasteiger partial charge on any atom is -0.398 e. The second kappa shape index (κ2) is 4.49. The number of nitrogens with zero attached hydrogens (tertiary/aromatic N) is 1. The molecule has 0 unspecified atom stereocenters. The summed E-state index contributed by atoms with van der Waals surface area (Å²) in [5, 5.41) is 0. The lowest BCUT2D eigenvalue weighted by Gasteiger charge is -2.16. The van der Waals surface area contributed by atoms with Crippen molar-refractivity contribution in [1.82, 2.24) is 0 Å². The zero-order chi connectivity index (χ0) is 14.3. The van der Waals surface area contributed by atoms with Gasteiger partial charge in [-0.3, -0.25) is 9.59 Å². The van der Waals surface area contributed by atoms with Gasteiger partial charge in [-0.2, -0.15) is 0 Å². The van der Waals surface area contributed by atoms with Crippen LogP contribution in [0.5, 0.6) is 0 Å². The summed E-state index contributed by atoms with van der Waals surface area (Å²) >= 11 is 0. The molecule has 2 aromatic carbocycles. The van der Waals surface area contributed by atoms with Crippen LogP contribution >= 0.6 is 0 Å². The molecule has 0 aliphatic carbocycles. The molecular formula is C16H14N2O2. The van der Waals surface area contributed by atoms with Gasteiger partial charge in [-0.1, -0.05) is 24.3 Å². The van der Waals surface area contributed by atoms with Gasteiger partial charge in [-0.15, -0.1) is 0 Å². The van der Waals surface area contributed by atoms with Crippen molar-refractivity contribution in [2.24, 2.45) is 0 Å². The van der Waals surface area contributed by atoms with Crippen molar-refractivity contribution in [3.8, 4) is 0 Å². The lowest BCUT2D eigenvalue weighted by molar-refractivity contribution is 0.0992. The monoisotopic (exact) mass is 266 g/mol. The van der Waals surface area contributed by atoms with Crippen LogP contribution in [-0.2, 0) is 6.54 Å². The summed E-state index contributed by atoms with van der Waals surface area (Å²) in [6.07, 6.45) is 0. The molecule has 20 heavy (non-hydrogen) atoms. The van der Waals surface area contributed by atoms with Crippen molar-refractivity contribution in [1.29, 1.82) is 0 Å². The minimum absolute atomic E-state index is 0.0180.